The van der Waals surface area contributed by atoms with Gasteiger partial charge in [-0.25, -0.2) is 10.4 Å². The van der Waals surface area contributed by atoms with E-state index in [1.54, 1.807) is 24.3 Å². The number of benzene rings is 1. The number of ether oxygens (including phenoxy) is 1. The first kappa shape index (κ1) is 13.7. The molecule has 22 heavy (non-hydrogen) atoms. The minimum atomic E-state index is -1.17. The Morgan fingerprint density at radius 2 is 1.86 bits per heavy atom. The van der Waals surface area contributed by atoms with E-state index in [-0.39, 0.29) is 5.70 Å². The molecule has 0 saturated heterocycles. The molecule has 0 spiro atoms. The molecule has 1 aromatic rings. The van der Waals surface area contributed by atoms with Crippen molar-refractivity contribution in [3.63, 3.8) is 0 Å². The number of allylic oxidation sites excluding steroid dienone is 1. The quantitative estimate of drug-likeness (QED) is 0.704. The van der Waals surface area contributed by atoms with Crippen LogP contribution in [0.15, 0.2) is 47.8 Å². The normalized spacial score (nSPS) is 22.8. The molecule has 0 aromatic heterocycles. The largest absolute Gasteiger partial charge is 0.482 e. The highest BCUT2D eigenvalue weighted by atomic mass is 16.6. The molecule has 1 aromatic carbocycles. The van der Waals surface area contributed by atoms with Gasteiger partial charge in [0.25, 0.3) is 9.85 Å². The predicted molar refractivity (Wildman–Crippen MR) is 70.0 cm³/mol. The SMILES string of the molecule is O=C1Nc2ccccc2OC2C=C([N+](=O)O)C=C([N+](=O)O)C12. The third-order valence-electron chi connectivity index (χ3n) is 3.41. The highest BCUT2D eigenvalue weighted by Gasteiger charge is 2.49. The van der Waals surface area contributed by atoms with E-state index in [9.17, 15) is 19.8 Å². The zero-order chi connectivity index (χ0) is 15.9. The lowest BCUT2D eigenvalue weighted by Gasteiger charge is -2.19. The first-order valence-electron chi connectivity index (χ1n) is 6.29. The van der Waals surface area contributed by atoms with Crippen LogP contribution < -0.4 is 10.1 Å². The van der Waals surface area contributed by atoms with Crippen molar-refractivity contribution in [3.05, 3.63) is 57.6 Å². The predicted octanol–water partition coefficient (Wildman–Crippen LogP) is 1.12. The van der Waals surface area contributed by atoms with E-state index in [1.807, 2.05) is 0 Å². The first-order valence-corrected chi connectivity index (χ1v) is 6.29. The second-order valence-electron chi connectivity index (χ2n) is 4.75. The fourth-order valence-electron chi connectivity index (χ4n) is 2.43. The maximum Gasteiger partial charge on any atom is 0.323 e. The molecule has 0 fully saturated rings. The number of nitrogens with one attached hydrogen (secondary N) is 1. The molecule has 2 atom stereocenters. The van der Waals surface area contributed by atoms with Gasteiger partial charge in [0, 0.05) is 6.08 Å². The van der Waals surface area contributed by atoms with Crippen LogP contribution in [0.1, 0.15) is 0 Å². The van der Waals surface area contributed by atoms with Crippen LogP contribution in [0.2, 0.25) is 0 Å². The maximum atomic E-state index is 12.3. The van der Waals surface area contributed by atoms with Crippen molar-refractivity contribution in [2.24, 2.45) is 5.92 Å². The van der Waals surface area contributed by atoms with Crippen molar-refractivity contribution >= 4 is 11.6 Å². The topological polar surface area (TPSA) is 119 Å². The van der Waals surface area contributed by atoms with E-state index < -0.39 is 33.5 Å². The van der Waals surface area contributed by atoms with Gasteiger partial charge in [0.15, 0.2) is 5.92 Å². The number of para-hydroxylation sites is 2. The molecule has 2 aliphatic rings. The van der Waals surface area contributed by atoms with Crippen molar-refractivity contribution in [1.29, 1.82) is 0 Å². The van der Waals surface area contributed by atoms with Gasteiger partial charge in [-0.1, -0.05) is 12.1 Å². The van der Waals surface area contributed by atoms with Gasteiger partial charge in [0.1, 0.15) is 11.9 Å². The molecule has 2 unspecified atom stereocenters. The van der Waals surface area contributed by atoms with E-state index in [0.717, 1.165) is 6.08 Å². The number of fused-ring (bicyclic) bond motifs is 2. The van der Waals surface area contributed by atoms with E-state index in [4.69, 9.17) is 9.94 Å². The van der Waals surface area contributed by atoms with Gasteiger partial charge in [-0.3, -0.25) is 4.79 Å². The van der Waals surface area contributed by atoms with Gasteiger partial charge >= 0.3 is 11.4 Å². The fraction of sp³-hybridized carbons (Fsp3) is 0.154. The minimum absolute atomic E-state index is 0.321. The van der Waals surface area contributed by atoms with Crippen LogP contribution in [0.25, 0.3) is 0 Å². The van der Waals surface area contributed by atoms with Gasteiger partial charge in [0.05, 0.1) is 21.6 Å². The van der Waals surface area contributed by atoms with Crippen LogP contribution in [0, 0.1) is 15.7 Å². The molecule has 3 N–H and O–H groups in total. The summed E-state index contributed by atoms with van der Waals surface area (Å²) < 4.78 is 5.64. The molecule has 9 nitrogen and oxygen atoms in total. The van der Waals surface area contributed by atoms with E-state index in [0.29, 0.717) is 11.4 Å². The smallest absolute Gasteiger partial charge is 0.323 e. The van der Waals surface area contributed by atoms with Gasteiger partial charge in [-0.2, -0.15) is 0 Å². The Hall–Kier alpha value is -3.23. The molecule has 0 saturated carbocycles. The Bertz CT molecular complexity index is 754. The third-order valence-corrected chi connectivity index (χ3v) is 3.41. The highest BCUT2D eigenvalue weighted by molar-refractivity contribution is 5.97. The summed E-state index contributed by atoms with van der Waals surface area (Å²) in [6.07, 6.45) is 1.08. The molecule has 1 aliphatic carbocycles. The first-order chi connectivity index (χ1) is 10.5. The molecule has 0 bridgehead atoms. The zero-order valence-corrected chi connectivity index (χ0v) is 11.0. The van der Waals surface area contributed by atoms with Gasteiger partial charge in [0.2, 0.25) is 5.91 Å². The molecule has 1 aliphatic heterocycles. The summed E-state index contributed by atoms with van der Waals surface area (Å²) >= 11 is 0. The lowest BCUT2D eigenvalue weighted by atomic mass is 9.92. The Morgan fingerprint density at radius 3 is 2.55 bits per heavy atom. The second kappa shape index (κ2) is 4.95. The average Bonchev–Trinajstić information content (AvgIpc) is 2.61. The standard InChI is InChI=1S/C13H10N3O6/c17-13-12-9(16(20)21)5-7(15(18)19)6-11(12)22-10-4-2-1-3-8(10)14-13/h1-6,11-12H,(H2-,14,17,18,19,20,21)/q+1/p+1. The Kier molecular flexibility index (Phi) is 3.09. The average molecular weight is 305 g/mol. The van der Waals surface area contributed by atoms with Crippen LogP contribution in [0.3, 0.4) is 0 Å². The molecule has 1 heterocycles. The monoisotopic (exact) mass is 305 g/mol. The van der Waals surface area contributed by atoms with Gasteiger partial charge in [-0.05, 0) is 12.1 Å². The Morgan fingerprint density at radius 1 is 1.14 bits per heavy atom. The van der Waals surface area contributed by atoms with Gasteiger partial charge in [-0.15, -0.1) is 0 Å². The summed E-state index contributed by atoms with van der Waals surface area (Å²) in [7, 11) is 0. The van der Waals surface area contributed by atoms with Crippen LogP contribution in [0.5, 0.6) is 5.75 Å². The number of anilines is 1. The third kappa shape index (κ3) is 2.18. The molecule has 3 rings (SSSR count). The lowest BCUT2D eigenvalue weighted by molar-refractivity contribution is -0.764. The van der Waals surface area contributed by atoms with Crippen molar-refractivity contribution in [1.82, 2.24) is 0 Å². The fourth-order valence-corrected chi connectivity index (χ4v) is 2.43. The molecular formula is C13H11N3O6+2. The van der Waals surface area contributed by atoms with E-state index >= 15 is 0 Å². The number of carbonyl (C=O) groups excluding carboxylic acids is 1. The van der Waals surface area contributed by atoms with E-state index in [1.165, 1.54) is 6.08 Å². The highest BCUT2D eigenvalue weighted by Crippen LogP contribution is 2.36. The van der Waals surface area contributed by atoms with Crippen LogP contribution in [0.4, 0.5) is 5.69 Å². The number of hydrogen-bond acceptors (Lipinski definition) is 4. The summed E-state index contributed by atoms with van der Waals surface area (Å²) in [4.78, 5) is 33.7. The summed E-state index contributed by atoms with van der Waals surface area (Å²) in [5.74, 6) is -1.41. The Labute approximate surface area is 123 Å². The van der Waals surface area contributed by atoms with Crippen molar-refractivity contribution in [2.45, 2.75) is 6.10 Å². The molecule has 1 amide bonds. The summed E-state index contributed by atoms with van der Waals surface area (Å²) in [5.41, 5.74) is -0.337. The number of hydrogen-bond donors (Lipinski definition) is 3. The Balaban J connectivity index is 2.11. The van der Waals surface area contributed by atoms with Crippen molar-refractivity contribution in [2.75, 3.05) is 5.32 Å². The summed E-state index contributed by atoms with van der Waals surface area (Å²) in [6, 6.07) is 6.59. The summed E-state index contributed by atoms with van der Waals surface area (Å²) in [5, 5.41) is 20.8. The molecule has 0 radical (unpaired) electrons. The molecule has 9 heteroatoms. The van der Waals surface area contributed by atoms with Gasteiger partial charge < -0.3 is 10.1 Å². The number of nitrogens with zero attached hydrogens (tertiary/aromatic N) is 2. The number of carbonyl (C=O) groups is 1. The number of rotatable bonds is 2. The lowest BCUT2D eigenvalue weighted by Crippen LogP contribution is -2.39. The van der Waals surface area contributed by atoms with Crippen molar-refractivity contribution in [3.8, 4) is 5.75 Å². The van der Waals surface area contributed by atoms with Crippen LogP contribution >= 0.6 is 0 Å². The maximum absolute atomic E-state index is 12.3. The zero-order valence-electron chi connectivity index (χ0n) is 11.0. The van der Waals surface area contributed by atoms with Crippen LogP contribution in [-0.4, -0.2) is 32.3 Å². The summed E-state index contributed by atoms with van der Waals surface area (Å²) in [6.45, 7) is 0. The molecule has 112 valence electrons. The minimum Gasteiger partial charge on any atom is -0.482 e. The van der Waals surface area contributed by atoms with E-state index in [2.05, 4.69) is 5.32 Å². The number of amides is 1. The van der Waals surface area contributed by atoms with Crippen molar-refractivity contribution < 1.29 is 29.8 Å². The molecular weight excluding hydrogens is 294 g/mol. The van der Waals surface area contributed by atoms with Crippen LogP contribution in [-0.2, 0) is 4.79 Å². The second-order valence-corrected chi connectivity index (χ2v) is 4.75.